The van der Waals surface area contributed by atoms with Gasteiger partial charge in [-0.1, -0.05) is 5.57 Å². The van der Waals surface area contributed by atoms with Crippen molar-refractivity contribution in [1.82, 2.24) is 0 Å². The van der Waals surface area contributed by atoms with Crippen molar-refractivity contribution < 1.29 is 18.0 Å². The lowest BCUT2D eigenvalue weighted by Gasteiger charge is -2.32. The normalized spacial score (nSPS) is 27.9. The molecule has 1 nitrogen and oxygen atoms in total. The van der Waals surface area contributed by atoms with Crippen LogP contribution < -0.4 is 0 Å². The van der Waals surface area contributed by atoms with Crippen molar-refractivity contribution in [3.8, 4) is 0 Å². The van der Waals surface area contributed by atoms with Crippen LogP contribution >= 0.6 is 0 Å². The number of Topliss-reactive ketones (excluding diaryl/α,β-unsaturated/α-hetero) is 1. The minimum Gasteiger partial charge on any atom is -0.300 e. The molecule has 1 aliphatic carbocycles. The summed E-state index contributed by atoms with van der Waals surface area (Å²) in [4.78, 5) is 11.1. The molecule has 86 valence electrons. The van der Waals surface area contributed by atoms with Crippen molar-refractivity contribution in [3.63, 3.8) is 0 Å². The van der Waals surface area contributed by atoms with Gasteiger partial charge in [0, 0.05) is 12.8 Å². The summed E-state index contributed by atoms with van der Waals surface area (Å²) >= 11 is 0. The molecule has 0 amide bonds. The standard InChI is InChI=1S/C11H15F3O/c1-7(2)5-8-6-9(15)3-4-10(8)11(12,13)14/h8,10H,1,3-6H2,2H3. The number of carbonyl (C=O) groups excluding carboxylic acids is 1. The van der Waals surface area contributed by atoms with Crippen LogP contribution in [0.25, 0.3) is 0 Å². The molecule has 1 aliphatic rings. The van der Waals surface area contributed by atoms with E-state index in [1.165, 1.54) is 0 Å². The van der Waals surface area contributed by atoms with Crippen LogP contribution in [-0.4, -0.2) is 12.0 Å². The molecular weight excluding hydrogens is 205 g/mol. The quantitative estimate of drug-likeness (QED) is 0.651. The van der Waals surface area contributed by atoms with Crippen molar-refractivity contribution in [3.05, 3.63) is 12.2 Å². The molecule has 0 aliphatic heterocycles. The Kier molecular flexibility index (Phi) is 3.58. The van der Waals surface area contributed by atoms with Crippen molar-refractivity contribution in [1.29, 1.82) is 0 Å². The van der Waals surface area contributed by atoms with Gasteiger partial charge in [-0.05, 0) is 25.7 Å². The Hall–Kier alpha value is -0.800. The average Bonchev–Trinajstić information content (AvgIpc) is 1.99. The van der Waals surface area contributed by atoms with Gasteiger partial charge >= 0.3 is 6.18 Å². The van der Waals surface area contributed by atoms with Gasteiger partial charge < -0.3 is 0 Å². The summed E-state index contributed by atoms with van der Waals surface area (Å²) in [6.07, 6.45) is -3.81. The summed E-state index contributed by atoms with van der Waals surface area (Å²) in [5.74, 6) is -1.97. The summed E-state index contributed by atoms with van der Waals surface area (Å²) in [6, 6.07) is 0. The summed E-state index contributed by atoms with van der Waals surface area (Å²) < 4.78 is 37.9. The van der Waals surface area contributed by atoms with Crippen molar-refractivity contribution >= 4 is 5.78 Å². The number of hydrogen-bond acceptors (Lipinski definition) is 1. The number of alkyl halides is 3. The van der Waals surface area contributed by atoms with E-state index in [0.29, 0.717) is 12.0 Å². The van der Waals surface area contributed by atoms with E-state index in [1.54, 1.807) is 6.92 Å². The fourth-order valence-corrected chi connectivity index (χ4v) is 2.18. The van der Waals surface area contributed by atoms with E-state index >= 15 is 0 Å². The molecule has 1 saturated carbocycles. The predicted octanol–water partition coefficient (Wildman–Crippen LogP) is 3.50. The third-order valence-corrected chi connectivity index (χ3v) is 2.82. The van der Waals surface area contributed by atoms with Gasteiger partial charge in [0.2, 0.25) is 0 Å². The Labute approximate surface area is 87.4 Å². The van der Waals surface area contributed by atoms with E-state index in [9.17, 15) is 18.0 Å². The molecule has 0 N–H and O–H groups in total. The zero-order chi connectivity index (χ0) is 11.6. The van der Waals surface area contributed by atoms with E-state index in [1.807, 2.05) is 0 Å². The highest BCUT2D eigenvalue weighted by Crippen LogP contribution is 2.42. The molecule has 0 radical (unpaired) electrons. The predicted molar refractivity (Wildman–Crippen MR) is 51.3 cm³/mol. The Morgan fingerprint density at radius 1 is 1.53 bits per heavy atom. The van der Waals surface area contributed by atoms with Crippen molar-refractivity contribution in [2.24, 2.45) is 11.8 Å². The molecule has 0 heterocycles. The molecular formula is C11H15F3O. The first-order chi connectivity index (χ1) is 6.80. The molecule has 1 rings (SSSR count). The van der Waals surface area contributed by atoms with E-state index in [-0.39, 0.29) is 25.0 Å². The summed E-state index contributed by atoms with van der Waals surface area (Å²) in [5.41, 5.74) is 0.712. The molecule has 2 atom stereocenters. The highest BCUT2D eigenvalue weighted by Gasteiger charge is 2.46. The number of halogens is 3. The van der Waals surface area contributed by atoms with Gasteiger partial charge in [0.1, 0.15) is 5.78 Å². The van der Waals surface area contributed by atoms with Gasteiger partial charge in [-0.3, -0.25) is 4.79 Å². The van der Waals surface area contributed by atoms with Gasteiger partial charge in [0.25, 0.3) is 0 Å². The van der Waals surface area contributed by atoms with Crippen LogP contribution in [0.2, 0.25) is 0 Å². The molecule has 1 fully saturated rings. The zero-order valence-corrected chi connectivity index (χ0v) is 8.73. The topological polar surface area (TPSA) is 17.1 Å². The Bertz CT molecular complexity index is 265. The Balaban J connectivity index is 2.75. The molecule has 4 heteroatoms. The van der Waals surface area contributed by atoms with E-state index in [0.717, 1.165) is 0 Å². The van der Waals surface area contributed by atoms with Crippen molar-refractivity contribution in [2.75, 3.05) is 0 Å². The number of allylic oxidation sites excluding steroid dienone is 1. The molecule has 0 spiro atoms. The maximum atomic E-state index is 12.6. The fraction of sp³-hybridized carbons (Fsp3) is 0.727. The SMILES string of the molecule is C=C(C)CC1CC(=O)CCC1C(F)(F)F. The third-order valence-electron chi connectivity index (χ3n) is 2.82. The fourth-order valence-electron chi connectivity index (χ4n) is 2.18. The van der Waals surface area contributed by atoms with Gasteiger partial charge in [0.05, 0.1) is 5.92 Å². The molecule has 2 unspecified atom stereocenters. The summed E-state index contributed by atoms with van der Waals surface area (Å²) in [6.45, 7) is 5.31. The summed E-state index contributed by atoms with van der Waals surface area (Å²) in [7, 11) is 0. The molecule has 0 aromatic heterocycles. The number of rotatable bonds is 2. The highest BCUT2D eigenvalue weighted by atomic mass is 19.4. The molecule has 0 aromatic carbocycles. The van der Waals surface area contributed by atoms with Gasteiger partial charge in [-0.15, -0.1) is 6.58 Å². The monoisotopic (exact) mass is 220 g/mol. The van der Waals surface area contributed by atoms with Crippen LogP contribution in [0.4, 0.5) is 13.2 Å². The smallest absolute Gasteiger partial charge is 0.300 e. The first kappa shape index (κ1) is 12.3. The second kappa shape index (κ2) is 4.37. The molecule has 0 aromatic rings. The zero-order valence-electron chi connectivity index (χ0n) is 8.73. The largest absolute Gasteiger partial charge is 0.392 e. The average molecular weight is 220 g/mol. The van der Waals surface area contributed by atoms with Gasteiger partial charge in [-0.25, -0.2) is 0 Å². The number of ketones is 1. The minimum absolute atomic E-state index is 0.0526. The Morgan fingerprint density at radius 3 is 2.60 bits per heavy atom. The number of carbonyl (C=O) groups is 1. The van der Waals surface area contributed by atoms with Gasteiger partial charge in [0.15, 0.2) is 0 Å². The summed E-state index contributed by atoms with van der Waals surface area (Å²) in [5, 5.41) is 0. The van der Waals surface area contributed by atoms with Crippen LogP contribution in [0.15, 0.2) is 12.2 Å². The third kappa shape index (κ3) is 3.36. The van der Waals surface area contributed by atoms with E-state index < -0.39 is 18.0 Å². The second-order valence-electron chi connectivity index (χ2n) is 4.35. The first-order valence-electron chi connectivity index (χ1n) is 5.03. The van der Waals surface area contributed by atoms with Crippen LogP contribution in [0.3, 0.4) is 0 Å². The minimum atomic E-state index is -4.18. The lowest BCUT2D eigenvalue weighted by atomic mass is 9.75. The number of hydrogen-bond donors (Lipinski definition) is 0. The van der Waals surface area contributed by atoms with Gasteiger partial charge in [-0.2, -0.15) is 13.2 Å². The van der Waals surface area contributed by atoms with E-state index in [4.69, 9.17) is 0 Å². The van der Waals surface area contributed by atoms with Crippen LogP contribution in [0.1, 0.15) is 32.6 Å². The highest BCUT2D eigenvalue weighted by molar-refractivity contribution is 5.79. The lowest BCUT2D eigenvalue weighted by molar-refractivity contribution is -0.195. The maximum absolute atomic E-state index is 12.6. The molecule has 15 heavy (non-hydrogen) atoms. The van der Waals surface area contributed by atoms with Crippen LogP contribution in [-0.2, 0) is 4.79 Å². The van der Waals surface area contributed by atoms with E-state index in [2.05, 4.69) is 6.58 Å². The van der Waals surface area contributed by atoms with Crippen LogP contribution in [0, 0.1) is 11.8 Å². The maximum Gasteiger partial charge on any atom is 0.392 e. The van der Waals surface area contributed by atoms with Crippen LogP contribution in [0.5, 0.6) is 0 Å². The first-order valence-corrected chi connectivity index (χ1v) is 5.03. The second-order valence-corrected chi connectivity index (χ2v) is 4.35. The molecule has 0 saturated heterocycles. The molecule has 0 bridgehead atoms. The lowest BCUT2D eigenvalue weighted by Crippen LogP contribution is -2.35. The van der Waals surface area contributed by atoms with Crippen molar-refractivity contribution in [2.45, 2.75) is 38.8 Å². The Morgan fingerprint density at radius 2 is 2.13 bits per heavy atom.